The van der Waals surface area contributed by atoms with Gasteiger partial charge in [0.1, 0.15) is 11.2 Å². The first-order chi connectivity index (χ1) is 18.0. The third-order valence-corrected chi connectivity index (χ3v) is 7.06. The molecule has 0 atom stereocenters. The minimum atomic E-state index is -0.704. The van der Waals surface area contributed by atoms with Crippen molar-refractivity contribution in [2.45, 2.75) is 24.9 Å². The van der Waals surface area contributed by atoms with Crippen LogP contribution in [0.2, 0.25) is 0 Å². The number of nitrogens with zero attached hydrogens (tertiary/aromatic N) is 6. The number of halogens is 2. The molecule has 2 fully saturated rings. The van der Waals surface area contributed by atoms with Gasteiger partial charge in [0.2, 0.25) is 11.8 Å². The molecule has 11 nitrogen and oxygen atoms in total. The second-order valence-electron chi connectivity index (χ2n) is 9.23. The Kier molecular flexibility index (Phi) is 5.88. The van der Waals surface area contributed by atoms with Crippen molar-refractivity contribution >= 4 is 23.0 Å². The maximum absolute atomic E-state index is 15.3. The van der Waals surface area contributed by atoms with Crippen molar-refractivity contribution in [3.8, 4) is 17.0 Å². The van der Waals surface area contributed by atoms with Gasteiger partial charge in [0.15, 0.2) is 17.3 Å². The van der Waals surface area contributed by atoms with E-state index >= 15 is 4.39 Å². The molecule has 37 heavy (non-hydrogen) atoms. The second-order valence-corrected chi connectivity index (χ2v) is 9.23. The van der Waals surface area contributed by atoms with Crippen LogP contribution in [0.4, 0.5) is 14.7 Å². The summed E-state index contributed by atoms with van der Waals surface area (Å²) in [7, 11) is 2.90. The maximum atomic E-state index is 15.3. The number of aromatic nitrogens is 5. The van der Waals surface area contributed by atoms with Crippen molar-refractivity contribution in [1.82, 2.24) is 34.2 Å². The lowest BCUT2D eigenvalue weighted by atomic mass is 10.0. The van der Waals surface area contributed by atoms with E-state index in [9.17, 15) is 9.18 Å². The van der Waals surface area contributed by atoms with Gasteiger partial charge in [-0.15, -0.1) is 5.10 Å². The topological polar surface area (TPSA) is 110 Å². The Morgan fingerprint density at radius 1 is 1.19 bits per heavy atom. The van der Waals surface area contributed by atoms with E-state index in [0.29, 0.717) is 12.0 Å². The summed E-state index contributed by atoms with van der Waals surface area (Å²) in [6, 6.07) is 1.84. The molecule has 2 saturated heterocycles. The molecule has 0 bridgehead atoms. The Morgan fingerprint density at radius 2 is 1.97 bits per heavy atom. The quantitative estimate of drug-likeness (QED) is 0.404. The second kappa shape index (κ2) is 9.23. The molecule has 2 aliphatic rings. The number of amides is 1. The first-order valence-corrected chi connectivity index (χ1v) is 12.1. The van der Waals surface area contributed by atoms with Crippen LogP contribution in [-0.4, -0.2) is 87.3 Å². The van der Waals surface area contributed by atoms with E-state index in [2.05, 4.69) is 30.6 Å². The number of carbonyl (C=O) groups excluding carboxylic acids is 1. The molecule has 2 N–H and O–H groups in total. The fraction of sp³-hybridized carbons (Fsp3) is 0.417. The smallest absolute Gasteiger partial charge is 0.269 e. The predicted molar refractivity (Wildman–Crippen MR) is 130 cm³/mol. The Balaban J connectivity index is 1.34. The summed E-state index contributed by atoms with van der Waals surface area (Å²) in [5, 5.41) is 10.3. The van der Waals surface area contributed by atoms with E-state index in [0.717, 1.165) is 39.1 Å². The van der Waals surface area contributed by atoms with Crippen LogP contribution in [0.15, 0.2) is 24.7 Å². The number of likely N-dealkylation sites (tertiary alicyclic amines) is 1. The highest BCUT2D eigenvalue weighted by Gasteiger charge is 2.30. The number of hydrogen-bond donors (Lipinski definition) is 2. The van der Waals surface area contributed by atoms with Crippen LogP contribution in [0, 0.1) is 11.6 Å². The Bertz CT molecular complexity index is 1490. The number of ether oxygens (including phenoxy) is 2. The minimum absolute atomic E-state index is 0.0446. The zero-order valence-corrected chi connectivity index (χ0v) is 20.4. The molecule has 0 radical (unpaired) electrons. The summed E-state index contributed by atoms with van der Waals surface area (Å²) in [5.74, 6) is -1.34. The van der Waals surface area contributed by atoms with Gasteiger partial charge in [-0.2, -0.15) is 4.98 Å². The Labute approximate surface area is 210 Å². The van der Waals surface area contributed by atoms with Gasteiger partial charge in [0, 0.05) is 37.9 Å². The number of piperidine rings is 1. The third kappa shape index (κ3) is 4.03. The van der Waals surface area contributed by atoms with E-state index < -0.39 is 17.5 Å². The van der Waals surface area contributed by atoms with Gasteiger partial charge >= 0.3 is 0 Å². The number of nitrogens with one attached hydrogen (secondary N) is 2. The molecule has 0 aliphatic carbocycles. The van der Waals surface area contributed by atoms with Crippen molar-refractivity contribution in [3.63, 3.8) is 0 Å². The molecule has 4 aromatic rings. The summed E-state index contributed by atoms with van der Waals surface area (Å²) >= 11 is 0. The average Bonchev–Trinajstić information content (AvgIpc) is 3.44. The largest absolute Gasteiger partial charge is 0.479 e. The van der Waals surface area contributed by atoms with Gasteiger partial charge in [0.25, 0.3) is 5.91 Å². The highest BCUT2D eigenvalue weighted by atomic mass is 19.1. The standard InChI is InChI=1S/C24H26F2N8O3/c1-27-22(35)18-8-28-21-16(25)7-13(9-33(18)21)19-17(26)10-34-20(19)23(36-2)30-24(31-34)29-14-3-5-32(6-4-14)15-11-37-12-15/h7-10,14-15H,3-6,11-12H2,1-2H3,(H,27,35)(H,29,31). The first-order valence-electron chi connectivity index (χ1n) is 12.1. The van der Waals surface area contributed by atoms with E-state index in [-0.39, 0.29) is 39.9 Å². The monoisotopic (exact) mass is 512 g/mol. The summed E-state index contributed by atoms with van der Waals surface area (Å²) < 4.78 is 43.7. The molecule has 0 aromatic carbocycles. The highest BCUT2D eigenvalue weighted by molar-refractivity contribution is 5.93. The molecule has 0 unspecified atom stereocenters. The number of methoxy groups -OCH3 is 1. The van der Waals surface area contributed by atoms with Crippen molar-refractivity contribution in [2.75, 3.05) is 45.8 Å². The van der Waals surface area contributed by atoms with Crippen LogP contribution in [0.5, 0.6) is 5.88 Å². The molecular weight excluding hydrogens is 486 g/mol. The minimum Gasteiger partial charge on any atom is -0.479 e. The lowest BCUT2D eigenvalue weighted by Crippen LogP contribution is -2.53. The summed E-state index contributed by atoms with van der Waals surface area (Å²) in [6.07, 6.45) is 5.77. The highest BCUT2D eigenvalue weighted by Crippen LogP contribution is 2.35. The molecule has 1 amide bonds. The predicted octanol–water partition coefficient (Wildman–Crippen LogP) is 1.97. The van der Waals surface area contributed by atoms with Gasteiger partial charge in [-0.25, -0.2) is 18.3 Å². The zero-order valence-electron chi connectivity index (χ0n) is 20.4. The molecule has 6 heterocycles. The van der Waals surface area contributed by atoms with E-state index in [1.54, 1.807) is 0 Å². The zero-order chi connectivity index (χ0) is 25.7. The molecule has 2 aliphatic heterocycles. The third-order valence-electron chi connectivity index (χ3n) is 7.06. The van der Waals surface area contributed by atoms with Crippen LogP contribution in [0.1, 0.15) is 23.3 Å². The fourth-order valence-corrected chi connectivity index (χ4v) is 5.00. The number of hydrogen-bond acceptors (Lipinski definition) is 8. The van der Waals surface area contributed by atoms with E-state index in [1.165, 1.54) is 47.7 Å². The number of imidazole rings is 1. The molecule has 0 spiro atoms. The van der Waals surface area contributed by atoms with Crippen LogP contribution in [0.25, 0.3) is 22.3 Å². The van der Waals surface area contributed by atoms with Crippen LogP contribution in [-0.2, 0) is 4.74 Å². The SMILES string of the molecule is CNC(=O)c1cnc2c(F)cc(-c3c(F)cn4nc(NC5CCN(C6COC6)CC5)nc(OC)c34)cn12. The van der Waals surface area contributed by atoms with Gasteiger partial charge in [0.05, 0.1) is 44.3 Å². The van der Waals surface area contributed by atoms with Crippen molar-refractivity contribution in [2.24, 2.45) is 0 Å². The van der Waals surface area contributed by atoms with Crippen LogP contribution in [0.3, 0.4) is 0 Å². The average molecular weight is 513 g/mol. The van der Waals surface area contributed by atoms with Gasteiger partial charge in [-0.1, -0.05) is 0 Å². The number of pyridine rings is 1. The summed E-state index contributed by atoms with van der Waals surface area (Å²) in [4.78, 5) is 23.1. The van der Waals surface area contributed by atoms with E-state index in [4.69, 9.17) is 9.47 Å². The summed E-state index contributed by atoms with van der Waals surface area (Å²) in [6.45, 7) is 3.49. The number of fused-ring (bicyclic) bond motifs is 2. The Morgan fingerprint density at radius 3 is 2.65 bits per heavy atom. The van der Waals surface area contributed by atoms with Crippen molar-refractivity contribution < 1.29 is 23.0 Å². The normalized spacial score (nSPS) is 17.3. The molecule has 194 valence electrons. The lowest BCUT2D eigenvalue weighted by molar-refractivity contribution is -0.0705. The van der Waals surface area contributed by atoms with Crippen molar-refractivity contribution in [3.05, 3.63) is 42.0 Å². The van der Waals surface area contributed by atoms with Crippen LogP contribution < -0.4 is 15.4 Å². The molecule has 6 rings (SSSR count). The number of rotatable bonds is 6. The first kappa shape index (κ1) is 23.6. The van der Waals surface area contributed by atoms with Crippen molar-refractivity contribution in [1.29, 1.82) is 0 Å². The summed E-state index contributed by atoms with van der Waals surface area (Å²) in [5.41, 5.74) is 0.551. The maximum Gasteiger partial charge on any atom is 0.269 e. The Hall–Kier alpha value is -3.84. The molecular formula is C24H26F2N8O3. The van der Waals surface area contributed by atoms with Gasteiger partial charge in [-0.3, -0.25) is 14.1 Å². The molecule has 13 heteroatoms. The molecule has 0 saturated carbocycles. The lowest BCUT2D eigenvalue weighted by Gasteiger charge is -2.41. The van der Waals surface area contributed by atoms with Gasteiger partial charge < -0.3 is 20.1 Å². The van der Waals surface area contributed by atoms with Gasteiger partial charge in [-0.05, 0) is 18.9 Å². The van der Waals surface area contributed by atoms with E-state index in [1.807, 2.05) is 0 Å². The van der Waals surface area contributed by atoms with Crippen LogP contribution >= 0.6 is 0 Å². The molecule has 4 aromatic heterocycles. The number of carbonyl (C=O) groups is 1. The fourth-order valence-electron chi connectivity index (χ4n) is 5.00. The number of anilines is 1.